The van der Waals surface area contributed by atoms with Crippen LogP contribution < -0.4 is 5.32 Å². The molecular weight excluding hydrogens is 333 g/mol. The zero-order chi connectivity index (χ0) is 18.8. The van der Waals surface area contributed by atoms with Crippen LogP contribution in [0.3, 0.4) is 0 Å². The van der Waals surface area contributed by atoms with Crippen LogP contribution in [0, 0.1) is 11.3 Å². The number of carbonyl (C=O) groups excluding carboxylic acids is 2. The third-order valence-electron chi connectivity index (χ3n) is 4.65. The molecular formula is C18H23F3N2O2. The Morgan fingerprint density at radius 2 is 1.68 bits per heavy atom. The summed E-state index contributed by atoms with van der Waals surface area (Å²) in [5.41, 5.74) is -2.72. The van der Waals surface area contributed by atoms with Gasteiger partial charge in [-0.25, -0.2) is 0 Å². The van der Waals surface area contributed by atoms with E-state index >= 15 is 0 Å². The molecule has 2 rings (SSSR count). The Morgan fingerprint density at radius 3 is 2.24 bits per heavy atom. The van der Waals surface area contributed by atoms with Gasteiger partial charge >= 0.3 is 6.18 Å². The van der Waals surface area contributed by atoms with Crippen molar-refractivity contribution >= 4 is 17.5 Å². The number of hydrogen-bond donors (Lipinski definition) is 1. The number of piperidine rings is 1. The quantitative estimate of drug-likeness (QED) is 0.835. The summed E-state index contributed by atoms with van der Waals surface area (Å²) < 4.78 is 39.2. The van der Waals surface area contributed by atoms with Crippen molar-refractivity contribution in [1.82, 2.24) is 4.90 Å². The molecule has 0 radical (unpaired) electrons. The summed E-state index contributed by atoms with van der Waals surface area (Å²) in [5.74, 6) is -0.575. The molecule has 4 nitrogen and oxygen atoms in total. The Hall–Kier alpha value is -2.05. The molecule has 0 saturated carbocycles. The number of likely N-dealkylation sites (tertiary alicyclic amines) is 1. The normalized spacial score (nSPS) is 16.6. The molecule has 25 heavy (non-hydrogen) atoms. The molecule has 0 unspecified atom stereocenters. The van der Waals surface area contributed by atoms with E-state index in [0.717, 1.165) is 18.9 Å². The van der Waals surface area contributed by atoms with Crippen LogP contribution in [-0.2, 0) is 15.8 Å². The highest BCUT2D eigenvalue weighted by Crippen LogP contribution is 2.35. The minimum atomic E-state index is -4.58. The Labute approximate surface area is 145 Å². The number of benzene rings is 1. The predicted molar refractivity (Wildman–Crippen MR) is 88.8 cm³/mol. The number of anilines is 1. The van der Waals surface area contributed by atoms with Gasteiger partial charge in [0.2, 0.25) is 11.8 Å². The van der Waals surface area contributed by atoms with E-state index in [4.69, 9.17) is 0 Å². The van der Waals surface area contributed by atoms with Gasteiger partial charge in [-0.3, -0.25) is 9.59 Å². The van der Waals surface area contributed by atoms with Crippen LogP contribution in [0.2, 0.25) is 0 Å². The number of nitrogens with zero attached hydrogens (tertiary/aromatic N) is 1. The zero-order valence-corrected chi connectivity index (χ0v) is 14.6. The van der Waals surface area contributed by atoms with Crippen LogP contribution in [0.1, 0.15) is 39.2 Å². The third kappa shape index (κ3) is 4.32. The first-order valence-electron chi connectivity index (χ1n) is 8.30. The third-order valence-corrected chi connectivity index (χ3v) is 4.65. The second-order valence-electron chi connectivity index (χ2n) is 7.10. The van der Waals surface area contributed by atoms with Gasteiger partial charge in [0.05, 0.1) is 11.3 Å². The van der Waals surface area contributed by atoms with Crippen molar-refractivity contribution in [3.8, 4) is 0 Å². The van der Waals surface area contributed by atoms with Crippen LogP contribution in [0.25, 0.3) is 0 Å². The lowest BCUT2D eigenvalue weighted by Gasteiger charge is -2.35. The van der Waals surface area contributed by atoms with E-state index in [2.05, 4.69) is 12.2 Å². The number of rotatable bonds is 3. The van der Waals surface area contributed by atoms with E-state index in [0.29, 0.717) is 19.0 Å². The summed E-state index contributed by atoms with van der Waals surface area (Å²) in [6, 6.07) is 4.75. The Morgan fingerprint density at radius 1 is 1.12 bits per heavy atom. The average molecular weight is 356 g/mol. The van der Waals surface area contributed by atoms with Crippen molar-refractivity contribution in [2.24, 2.45) is 11.3 Å². The number of hydrogen-bond acceptors (Lipinski definition) is 2. The van der Waals surface area contributed by atoms with Crippen molar-refractivity contribution < 1.29 is 22.8 Å². The van der Waals surface area contributed by atoms with Gasteiger partial charge in [0.25, 0.3) is 0 Å². The lowest BCUT2D eigenvalue weighted by molar-refractivity contribution is -0.147. The number of amides is 2. The molecule has 1 fully saturated rings. The lowest BCUT2D eigenvalue weighted by Crippen LogP contribution is -2.49. The maximum atomic E-state index is 13.1. The van der Waals surface area contributed by atoms with Crippen molar-refractivity contribution in [1.29, 1.82) is 0 Å². The van der Waals surface area contributed by atoms with Crippen LogP contribution in [-0.4, -0.2) is 29.8 Å². The van der Waals surface area contributed by atoms with Crippen LogP contribution in [0.15, 0.2) is 24.3 Å². The highest BCUT2D eigenvalue weighted by atomic mass is 19.4. The number of alkyl halides is 3. The van der Waals surface area contributed by atoms with Crippen LogP contribution >= 0.6 is 0 Å². The largest absolute Gasteiger partial charge is 0.418 e. The molecule has 0 atom stereocenters. The van der Waals surface area contributed by atoms with Gasteiger partial charge < -0.3 is 10.2 Å². The molecule has 1 aliphatic heterocycles. The van der Waals surface area contributed by atoms with E-state index in [-0.39, 0.29) is 11.6 Å². The Balaban J connectivity index is 2.16. The van der Waals surface area contributed by atoms with Crippen molar-refractivity contribution in [3.63, 3.8) is 0 Å². The fraction of sp³-hybridized carbons (Fsp3) is 0.556. The molecule has 7 heteroatoms. The minimum Gasteiger partial charge on any atom is -0.342 e. The van der Waals surface area contributed by atoms with Gasteiger partial charge in [0, 0.05) is 13.1 Å². The number of para-hydroxylation sites is 1. The lowest BCUT2D eigenvalue weighted by atomic mass is 9.88. The Bertz CT molecular complexity index is 648. The molecule has 1 heterocycles. The highest BCUT2D eigenvalue weighted by molar-refractivity contribution is 6.10. The second-order valence-corrected chi connectivity index (χ2v) is 7.10. The van der Waals surface area contributed by atoms with Crippen LogP contribution in [0.5, 0.6) is 0 Å². The van der Waals surface area contributed by atoms with Gasteiger partial charge in [-0.2, -0.15) is 13.2 Å². The van der Waals surface area contributed by atoms with Gasteiger partial charge in [-0.05, 0) is 44.7 Å². The molecule has 1 saturated heterocycles. The number of halogens is 3. The maximum Gasteiger partial charge on any atom is 0.418 e. The second kappa shape index (κ2) is 7.06. The summed E-state index contributed by atoms with van der Waals surface area (Å²) in [6.07, 6.45) is -2.86. The fourth-order valence-corrected chi connectivity index (χ4v) is 2.82. The number of carbonyl (C=O) groups is 2. The van der Waals surface area contributed by atoms with Crippen molar-refractivity contribution in [2.75, 3.05) is 18.4 Å². The first-order chi connectivity index (χ1) is 11.5. The average Bonchev–Trinajstić information content (AvgIpc) is 2.54. The smallest absolute Gasteiger partial charge is 0.342 e. The molecule has 138 valence electrons. The predicted octanol–water partition coefficient (Wildman–Crippen LogP) is 3.93. The molecule has 0 aliphatic carbocycles. The minimum absolute atomic E-state index is 0.340. The molecule has 0 spiro atoms. The monoisotopic (exact) mass is 356 g/mol. The van der Waals surface area contributed by atoms with E-state index in [9.17, 15) is 22.8 Å². The van der Waals surface area contributed by atoms with Crippen molar-refractivity contribution in [2.45, 2.75) is 39.8 Å². The van der Waals surface area contributed by atoms with Gasteiger partial charge in [0.1, 0.15) is 5.41 Å². The van der Waals surface area contributed by atoms with Gasteiger partial charge in [-0.15, -0.1) is 0 Å². The standard InChI is InChI=1S/C18H23F3N2O2/c1-12-8-10-23(11-9-12)16(25)17(2,3)15(24)22-14-7-5-4-6-13(14)18(19,20)21/h4-7,12H,8-11H2,1-3H3,(H,22,24). The topological polar surface area (TPSA) is 49.4 Å². The number of nitrogens with one attached hydrogen (secondary N) is 1. The Kier molecular flexibility index (Phi) is 5.44. The fourth-order valence-electron chi connectivity index (χ4n) is 2.82. The first kappa shape index (κ1) is 19.3. The van der Waals surface area contributed by atoms with Gasteiger partial charge in [-0.1, -0.05) is 19.1 Å². The molecule has 1 aromatic carbocycles. The van der Waals surface area contributed by atoms with E-state index in [1.165, 1.54) is 32.0 Å². The summed E-state index contributed by atoms with van der Waals surface area (Å²) in [7, 11) is 0. The SMILES string of the molecule is CC1CCN(C(=O)C(C)(C)C(=O)Nc2ccccc2C(F)(F)F)CC1. The van der Waals surface area contributed by atoms with Crippen LogP contribution in [0.4, 0.5) is 18.9 Å². The molecule has 1 aromatic rings. The first-order valence-corrected chi connectivity index (χ1v) is 8.30. The molecule has 0 bridgehead atoms. The van der Waals surface area contributed by atoms with E-state index < -0.39 is 23.1 Å². The van der Waals surface area contributed by atoms with E-state index in [1.54, 1.807) is 4.90 Å². The zero-order valence-electron chi connectivity index (χ0n) is 14.6. The molecule has 0 aromatic heterocycles. The van der Waals surface area contributed by atoms with E-state index in [1.807, 2.05) is 0 Å². The molecule has 1 aliphatic rings. The maximum absolute atomic E-state index is 13.1. The molecule has 2 amide bonds. The summed E-state index contributed by atoms with van der Waals surface area (Å²) in [4.78, 5) is 26.8. The van der Waals surface area contributed by atoms with Crippen molar-refractivity contribution in [3.05, 3.63) is 29.8 Å². The highest BCUT2D eigenvalue weighted by Gasteiger charge is 2.41. The summed E-state index contributed by atoms with van der Waals surface area (Å²) >= 11 is 0. The van der Waals surface area contributed by atoms with Gasteiger partial charge in [0.15, 0.2) is 0 Å². The molecule has 1 N–H and O–H groups in total. The summed E-state index contributed by atoms with van der Waals surface area (Å²) in [6.45, 7) is 6.12. The summed E-state index contributed by atoms with van der Waals surface area (Å²) in [5, 5.41) is 2.28.